The highest BCUT2D eigenvalue weighted by Gasteiger charge is 2.45. The fourth-order valence-corrected chi connectivity index (χ4v) is 6.29. The van der Waals surface area contributed by atoms with Crippen molar-refractivity contribution in [1.82, 2.24) is 5.32 Å². The average Bonchev–Trinajstić information content (AvgIpc) is 3.43. The van der Waals surface area contributed by atoms with Crippen molar-refractivity contribution in [2.75, 3.05) is 11.4 Å². The fraction of sp³-hybridized carbons (Fsp3) is 0.600. The number of anilines is 1. The molecule has 3 aliphatic rings. The van der Waals surface area contributed by atoms with Crippen LogP contribution in [0.4, 0.5) is 5.69 Å². The van der Waals surface area contributed by atoms with Gasteiger partial charge in [0.05, 0.1) is 5.57 Å². The van der Waals surface area contributed by atoms with E-state index in [1.165, 1.54) is 30.5 Å². The summed E-state index contributed by atoms with van der Waals surface area (Å²) in [6.45, 7) is 10.9. The van der Waals surface area contributed by atoms with E-state index >= 15 is 0 Å². The van der Waals surface area contributed by atoms with Crippen LogP contribution in [-0.4, -0.2) is 30.3 Å². The zero-order valence-electron chi connectivity index (χ0n) is 21.6. The van der Waals surface area contributed by atoms with Crippen molar-refractivity contribution in [3.05, 3.63) is 47.1 Å². The Morgan fingerprint density at radius 1 is 1.12 bits per heavy atom. The molecule has 4 heteroatoms. The smallest absolute Gasteiger partial charge is 0.254 e. The van der Waals surface area contributed by atoms with Gasteiger partial charge in [-0.2, -0.15) is 0 Å². The third kappa shape index (κ3) is 4.61. The molecule has 4 nitrogen and oxygen atoms in total. The van der Waals surface area contributed by atoms with Crippen LogP contribution < -0.4 is 10.2 Å². The van der Waals surface area contributed by atoms with E-state index in [2.05, 4.69) is 61.3 Å². The number of fused-ring (bicyclic) bond motifs is 3. The molecule has 1 amide bonds. The molecule has 1 aliphatic heterocycles. The summed E-state index contributed by atoms with van der Waals surface area (Å²) in [6.07, 6.45) is 13.5. The molecule has 6 atom stereocenters. The number of nitrogens with one attached hydrogen (secondary N) is 1. The lowest BCUT2D eigenvalue weighted by Gasteiger charge is -2.40. The maximum Gasteiger partial charge on any atom is 0.254 e. The molecule has 184 valence electrons. The van der Waals surface area contributed by atoms with Gasteiger partial charge < -0.3 is 10.2 Å². The van der Waals surface area contributed by atoms with Crippen LogP contribution in [0.1, 0.15) is 90.2 Å². The topological polar surface area (TPSA) is 49.4 Å². The number of allylic oxidation sites excluding steroid dienone is 1. The van der Waals surface area contributed by atoms with E-state index in [4.69, 9.17) is 0 Å². The Kier molecular flexibility index (Phi) is 7.64. The van der Waals surface area contributed by atoms with Crippen molar-refractivity contribution in [3.63, 3.8) is 0 Å². The third-order valence-corrected chi connectivity index (χ3v) is 8.70. The van der Waals surface area contributed by atoms with Gasteiger partial charge in [-0.25, -0.2) is 0 Å². The van der Waals surface area contributed by atoms with Gasteiger partial charge in [0.2, 0.25) is 0 Å². The molecule has 0 radical (unpaired) electrons. The predicted molar refractivity (Wildman–Crippen MR) is 141 cm³/mol. The standard InChI is InChI=1S/C30H42N2O2/c1-6-19(3)21(5)29(33)25(30(34)31-7-2)18-22-15-16-28-24(17-22)23-12-10-14-27(23)32(28)26-13-9-8-11-20(26)4/h8-9,15-21,23,26-27H,6-7,10-14H2,1-5H3,(H,31,34). The molecule has 34 heavy (non-hydrogen) atoms. The first-order valence-corrected chi connectivity index (χ1v) is 13.5. The number of nitrogens with zero attached hydrogens (tertiary/aromatic N) is 1. The van der Waals surface area contributed by atoms with Crippen LogP contribution in [0.15, 0.2) is 35.9 Å². The minimum absolute atomic E-state index is 0.0519. The predicted octanol–water partition coefficient (Wildman–Crippen LogP) is 6.27. The Morgan fingerprint density at radius 2 is 1.88 bits per heavy atom. The maximum atomic E-state index is 13.3. The molecule has 0 bridgehead atoms. The summed E-state index contributed by atoms with van der Waals surface area (Å²) in [5.74, 6) is 0.966. The second-order valence-electron chi connectivity index (χ2n) is 10.8. The van der Waals surface area contributed by atoms with Crippen molar-refractivity contribution in [2.24, 2.45) is 17.8 Å². The molecule has 1 aromatic rings. The Hall–Kier alpha value is -2.36. The Balaban J connectivity index is 1.70. The molecule has 0 saturated heterocycles. The number of carbonyl (C=O) groups excluding carboxylic acids is 2. The van der Waals surface area contributed by atoms with Gasteiger partial charge in [0.1, 0.15) is 0 Å². The Labute approximate surface area is 205 Å². The number of benzene rings is 1. The lowest BCUT2D eigenvalue weighted by atomic mass is 9.85. The normalized spacial score (nSPS) is 27.8. The van der Waals surface area contributed by atoms with E-state index in [-0.39, 0.29) is 23.5 Å². The fourth-order valence-electron chi connectivity index (χ4n) is 6.29. The number of Topliss-reactive ketones (excluding diaryl/α,β-unsaturated/α-hetero) is 1. The molecular formula is C30H42N2O2. The number of rotatable bonds is 8. The van der Waals surface area contributed by atoms with Crippen LogP contribution in [0.5, 0.6) is 0 Å². The van der Waals surface area contributed by atoms with Gasteiger partial charge in [-0.3, -0.25) is 9.59 Å². The van der Waals surface area contributed by atoms with E-state index < -0.39 is 0 Å². The number of ketones is 1. The van der Waals surface area contributed by atoms with E-state index in [1.807, 2.05) is 19.9 Å². The van der Waals surface area contributed by atoms with Gasteiger partial charge in [-0.1, -0.05) is 58.8 Å². The summed E-state index contributed by atoms with van der Waals surface area (Å²) in [5.41, 5.74) is 4.04. The summed E-state index contributed by atoms with van der Waals surface area (Å²) >= 11 is 0. The Bertz CT molecular complexity index is 978. The average molecular weight is 463 g/mol. The first-order chi connectivity index (χ1) is 16.4. The first-order valence-electron chi connectivity index (χ1n) is 13.5. The number of likely N-dealkylation sites (N-methyl/N-ethyl adjacent to an activating group) is 1. The molecule has 4 rings (SSSR count). The molecular weight excluding hydrogens is 420 g/mol. The third-order valence-electron chi connectivity index (χ3n) is 8.70. The molecule has 6 unspecified atom stereocenters. The van der Waals surface area contributed by atoms with E-state index in [9.17, 15) is 9.59 Å². The number of hydrogen-bond acceptors (Lipinski definition) is 3. The van der Waals surface area contributed by atoms with Crippen molar-refractivity contribution in [1.29, 1.82) is 0 Å². The summed E-state index contributed by atoms with van der Waals surface area (Å²) < 4.78 is 0. The number of hydrogen-bond donors (Lipinski definition) is 1. The highest BCUT2D eigenvalue weighted by Crippen LogP contribution is 2.52. The van der Waals surface area contributed by atoms with E-state index in [1.54, 1.807) is 0 Å². The van der Waals surface area contributed by atoms with E-state index in [0.29, 0.717) is 36.0 Å². The monoisotopic (exact) mass is 462 g/mol. The van der Waals surface area contributed by atoms with Gasteiger partial charge >= 0.3 is 0 Å². The van der Waals surface area contributed by atoms with E-state index in [0.717, 1.165) is 24.8 Å². The number of amides is 1. The largest absolute Gasteiger partial charge is 0.364 e. The van der Waals surface area contributed by atoms with Crippen LogP contribution in [0.25, 0.3) is 6.08 Å². The minimum atomic E-state index is -0.258. The zero-order chi connectivity index (χ0) is 24.4. The first kappa shape index (κ1) is 24.8. The minimum Gasteiger partial charge on any atom is -0.364 e. The van der Waals surface area contributed by atoms with Crippen molar-refractivity contribution in [2.45, 2.75) is 91.1 Å². The molecule has 0 spiro atoms. The van der Waals surface area contributed by atoms with Crippen molar-refractivity contribution < 1.29 is 9.59 Å². The van der Waals surface area contributed by atoms with Gasteiger partial charge in [0.15, 0.2) is 5.78 Å². The van der Waals surface area contributed by atoms with Crippen molar-refractivity contribution >= 4 is 23.5 Å². The summed E-state index contributed by atoms with van der Waals surface area (Å²) in [5, 5.41) is 2.86. The van der Waals surface area contributed by atoms with Crippen LogP contribution in [-0.2, 0) is 9.59 Å². The summed E-state index contributed by atoms with van der Waals surface area (Å²) in [7, 11) is 0. The molecule has 1 aromatic carbocycles. The SMILES string of the molecule is CCNC(=O)C(=Cc1ccc2c(c1)C1CCCC1N2C1CC=CCC1C)C(=O)C(C)C(C)CC. The van der Waals surface area contributed by atoms with Crippen LogP contribution in [0.3, 0.4) is 0 Å². The van der Waals surface area contributed by atoms with Crippen LogP contribution in [0, 0.1) is 17.8 Å². The molecule has 1 N–H and O–H groups in total. The highest BCUT2D eigenvalue weighted by atomic mass is 16.2. The molecule has 0 aromatic heterocycles. The second-order valence-corrected chi connectivity index (χ2v) is 10.8. The molecule has 1 fully saturated rings. The number of carbonyl (C=O) groups is 2. The van der Waals surface area contributed by atoms with Crippen LogP contribution >= 0.6 is 0 Å². The second kappa shape index (κ2) is 10.5. The summed E-state index contributed by atoms with van der Waals surface area (Å²) in [4.78, 5) is 29.0. The summed E-state index contributed by atoms with van der Waals surface area (Å²) in [6, 6.07) is 7.77. The lowest BCUT2D eigenvalue weighted by molar-refractivity contribution is -0.124. The maximum absolute atomic E-state index is 13.3. The Morgan fingerprint density at radius 3 is 2.59 bits per heavy atom. The van der Waals surface area contributed by atoms with Crippen LogP contribution in [0.2, 0.25) is 0 Å². The van der Waals surface area contributed by atoms with Gasteiger partial charge in [-0.05, 0) is 73.8 Å². The zero-order valence-corrected chi connectivity index (χ0v) is 21.6. The highest BCUT2D eigenvalue weighted by molar-refractivity contribution is 6.23. The van der Waals surface area contributed by atoms with Gasteiger partial charge in [0, 0.05) is 36.2 Å². The van der Waals surface area contributed by atoms with Gasteiger partial charge in [-0.15, -0.1) is 0 Å². The quantitative estimate of drug-likeness (QED) is 0.214. The van der Waals surface area contributed by atoms with Crippen molar-refractivity contribution in [3.8, 4) is 0 Å². The van der Waals surface area contributed by atoms with Gasteiger partial charge in [0.25, 0.3) is 5.91 Å². The molecule has 1 saturated carbocycles. The molecule has 2 aliphatic carbocycles. The molecule has 1 heterocycles. The lowest BCUT2D eigenvalue weighted by Crippen LogP contribution is -2.44.